The number of hydrogen-bond acceptors (Lipinski definition) is 6. The first-order valence-electron chi connectivity index (χ1n) is 10.0. The van der Waals surface area contributed by atoms with Gasteiger partial charge in [-0.25, -0.2) is 9.97 Å². The van der Waals surface area contributed by atoms with E-state index in [-0.39, 0.29) is 17.9 Å². The van der Waals surface area contributed by atoms with Crippen LogP contribution in [0.15, 0.2) is 48.8 Å². The smallest absolute Gasteiger partial charge is 0.372 e. The van der Waals surface area contributed by atoms with Gasteiger partial charge in [0, 0.05) is 31.0 Å². The molecule has 0 aliphatic carbocycles. The van der Waals surface area contributed by atoms with Crippen molar-refractivity contribution in [2.45, 2.75) is 32.2 Å². The van der Waals surface area contributed by atoms with Gasteiger partial charge >= 0.3 is 6.18 Å². The zero-order valence-corrected chi connectivity index (χ0v) is 17.4. The van der Waals surface area contributed by atoms with Gasteiger partial charge in [0.2, 0.25) is 11.9 Å². The van der Waals surface area contributed by atoms with E-state index in [1.165, 1.54) is 24.4 Å². The van der Waals surface area contributed by atoms with Crippen LogP contribution in [0.5, 0.6) is 0 Å². The Labute approximate surface area is 182 Å². The molecular weight excluding hydrogens is 426 g/mol. The minimum absolute atomic E-state index is 0.0287. The molecule has 1 aliphatic heterocycles. The topological polar surface area (TPSA) is 63.2 Å². The van der Waals surface area contributed by atoms with Crippen LogP contribution in [-0.2, 0) is 10.9 Å². The highest BCUT2D eigenvalue weighted by atomic mass is 19.4. The molecule has 1 aromatic carbocycles. The van der Waals surface area contributed by atoms with Crippen LogP contribution in [-0.4, -0.2) is 40.2 Å². The molecule has 0 amide bonds. The number of halogens is 4. The number of morpholine rings is 1. The fourth-order valence-corrected chi connectivity index (χ4v) is 3.59. The number of nitrogens with zero attached hydrogens (tertiary/aromatic N) is 4. The summed E-state index contributed by atoms with van der Waals surface area (Å²) in [5, 5.41) is 2.89. The lowest BCUT2D eigenvalue weighted by Gasteiger charge is -2.35. The SMILES string of the molecule is C[C@@H]1CN(c2nccc(Nc3cc(-c4ccc(C(F)(F)F)cc4)cnc3F)n2)C[C@H](C)O1. The van der Waals surface area contributed by atoms with Gasteiger partial charge in [0.05, 0.1) is 23.5 Å². The lowest BCUT2D eigenvalue weighted by atomic mass is 10.1. The number of rotatable bonds is 4. The Morgan fingerprint density at radius 3 is 2.34 bits per heavy atom. The summed E-state index contributed by atoms with van der Waals surface area (Å²) in [5.41, 5.74) is 0.242. The highest BCUT2D eigenvalue weighted by Crippen LogP contribution is 2.32. The average Bonchev–Trinajstić information content (AvgIpc) is 2.74. The van der Waals surface area contributed by atoms with Gasteiger partial charge in [0.15, 0.2) is 0 Å². The number of ether oxygens (including phenoxy) is 1. The summed E-state index contributed by atoms with van der Waals surface area (Å²) < 4.78 is 58.5. The average molecular weight is 447 g/mol. The molecule has 2 aromatic heterocycles. The molecule has 0 radical (unpaired) electrons. The van der Waals surface area contributed by atoms with Crippen molar-refractivity contribution < 1.29 is 22.3 Å². The predicted octanol–water partition coefficient (Wildman–Crippen LogP) is 5.05. The first kappa shape index (κ1) is 21.9. The molecule has 10 heteroatoms. The number of hydrogen-bond donors (Lipinski definition) is 1. The normalized spacial score (nSPS) is 19.1. The van der Waals surface area contributed by atoms with E-state index in [9.17, 15) is 17.6 Å². The van der Waals surface area contributed by atoms with E-state index in [0.717, 1.165) is 12.1 Å². The molecule has 1 aliphatic rings. The van der Waals surface area contributed by atoms with E-state index >= 15 is 0 Å². The van der Waals surface area contributed by atoms with E-state index in [2.05, 4.69) is 20.3 Å². The van der Waals surface area contributed by atoms with E-state index in [0.29, 0.717) is 36.0 Å². The molecule has 168 valence electrons. The number of nitrogens with one attached hydrogen (secondary N) is 1. The van der Waals surface area contributed by atoms with Crippen LogP contribution in [0.25, 0.3) is 11.1 Å². The van der Waals surface area contributed by atoms with Crippen molar-refractivity contribution in [1.82, 2.24) is 15.0 Å². The van der Waals surface area contributed by atoms with Crippen LogP contribution in [0.1, 0.15) is 19.4 Å². The monoisotopic (exact) mass is 447 g/mol. The summed E-state index contributed by atoms with van der Waals surface area (Å²) >= 11 is 0. The molecule has 1 N–H and O–H groups in total. The minimum atomic E-state index is -4.42. The van der Waals surface area contributed by atoms with Gasteiger partial charge in [-0.15, -0.1) is 0 Å². The van der Waals surface area contributed by atoms with Crippen molar-refractivity contribution in [2.75, 3.05) is 23.3 Å². The molecule has 1 saturated heterocycles. The molecule has 0 saturated carbocycles. The molecule has 3 heterocycles. The molecule has 32 heavy (non-hydrogen) atoms. The van der Waals surface area contributed by atoms with Gasteiger partial charge in [-0.3, -0.25) is 0 Å². The molecule has 0 spiro atoms. The Morgan fingerprint density at radius 2 is 1.69 bits per heavy atom. The van der Waals surface area contributed by atoms with Crippen molar-refractivity contribution in [1.29, 1.82) is 0 Å². The Bertz CT molecular complexity index is 1080. The van der Waals surface area contributed by atoms with Gasteiger partial charge in [-0.2, -0.15) is 22.5 Å². The highest BCUT2D eigenvalue weighted by molar-refractivity contribution is 5.69. The molecule has 3 aromatic rings. The van der Waals surface area contributed by atoms with Gasteiger partial charge in [-0.05, 0) is 43.7 Å². The van der Waals surface area contributed by atoms with Crippen molar-refractivity contribution >= 4 is 17.5 Å². The largest absolute Gasteiger partial charge is 0.416 e. The quantitative estimate of drug-likeness (QED) is 0.446. The van der Waals surface area contributed by atoms with Crippen LogP contribution >= 0.6 is 0 Å². The molecule has 0 unspecified atom stereocenters. The third-order valence-electron chi connectivity index (χ3n) is 4.99. The Morgan fingerprint density at radius 1 is 1.00 bits per heavy atom. The van der Waals surface area contributed by atoms with E-state index in [4.69, 9.17) is 4.74 Å². The molecule has 4 rings (SSSR count). The molecule has 2 atom stereocenters. The van der Waals surface area contributed by atoms with Gasteiger partial charge < -0.3 is 15.0 Å². The lowest BCUT2D eigenvalue weighted by Crippen LogP contribution is -2.46. The Hall–Kier alpha value is -3.27. The predicted molar refractivity (Wildman–Crippen MR) is 112 cm³/mol. The number of alkyl halides is 3. The second-order valence-electron chi connectivity index (χ2n) is 7.67. The van der Waals surface area contributed by atoms with Crippen LogP contribution in [0.3, 0.4) is 0 Å². The number of pyridine rings is 1. The summed E-state index contributed by atoms with van der Waals surface area (Å²) in [6, 6.07) is 7.68. The van der Waals surface area contributed by atoms with Crippen molar-refractivity contribution in [2.24, 2.45) is 0 Å². The first-order valence-corrected chi connectivity index (χ1v) is 10.0. The maximum absolute atomic E-state index is 14.4. The lowest BCUT2D eigenvalue weighted by molar-refractivity contribution is -0.137. The Kier molecular flexibility index (Phi) is 5.96. The standard InChI is InChI=1S/C22H21F4N5O/c1-13-11-31(12-14(2)32-13)21-27-8-7-19(30-21)29-18-9-16(10-28-20(18)23)15-3-5-17(6-4-15)22(24,25)26/h3-10,13-14H,11-12H2,1-2H3,(H,27,29,30)/t13-,14+. The summed E-state index contributed by atoms with van der Waals surface area (Å²) in [5.74, 6) is 0.103. The van der Waals surface area contributed by atoms with Crippen molar-refractivity contribution in [3.63, 3.8) is 0 Å². The van der Waals surface area contributed by atoms with Crippen LogP contribution < -0.4 is 10.2 Å². The first-order chi connectivity index (χ1) is 15.2. The zero-order valence-electron chi connectivity index (χ0n) is 17.4. The summed E-state index contributed by atoms with van der Waals surface area (Å²) in [6.07, 6.45) is -1.53. The Balaban J connectivity index is 1.56. The van der Waals surface area contributed by atoms with Crippen LogP contribution in [0.4, 0.5) is 35.0 Å². The summed E-state index contributed by atoms with van der Waals surface area (Å²) in [6.45, 7) is 5.21. The molecule has 0 bridgehead atoms. The number of aromatic nitrogens is 3. The third-order valence-corrected chi connectivity index (χ3v) is 4.99. The molecular formula is C22H21F4N5O. The molecule has 6 nitrogen and oxygen atoms in total. The minimum Gasteiger partial charge on any atom is -0.372 e. The van der Waals surface area contributed by atoms with E-state index in [1.807, 2.05) is 18.7 Å². The van der Waals surface area contributed by atoms with Crippen LogP contribution in [0.2, 0.25) is 0 Å². The van der Waals surface area contributed by atoms with Gasteiger partial charge in [-0.1, -0.05) is 12.1 Å². The van der Waals surface area contributed by atoms with Crippen molar-refractivity contribution in [3.05, 3.63) is 60.3 Å². The van der Waals surface area contributed by atoms with Gasteiger partial charge in [0.1, 0.15) is 5.82 Å². The highest BCUT2D eigenvalue weighted by Gasteiger charge is 2.30. The summed E-state index contributed by atoms with van der Waals surface area (Å²) in [7, 11) is 0. The van der Waals surface area contributed by atoms with Gasteiger partial charge in [0.25, 0.3) is 0 Å². The van der Waals surface area contributed by atoms with Crippen molar-refractivity contribution in [3.8, 4) is 11.1 Å². The summed E-state index contributed by atoms with van der Waals surface area (Å²) in [4.78, 5) is 14.5. The second kappa shape index (κ2) is 8.70. The fraction of sp³-hybridized carbons (Fsp3) is 0.318. The molecule has 1 fully saturated rings. The number of benzene rings is 1. The zero-order chi connectivity index (χ0) is 22.9. The second-order valence-corrected chi connectivity index (χ2v) is 7.67. The van der Waals surface area contributed by atoms with E-state index in [1.54, 1.807) is 12.3 Å². The van der Waals surface area contributed by atoms with E-state index < -0.39 is 17.7 Å². The maximum atomic E-state index is 14.4. The van der Waals surface area contributed by atoms with Crippen LogP contribution in [0, 0.1) is 5.95 Å². The third kappa shape index (κ3) is 4.96. The fourth-order valence-electron chi connectivity index (χ4n) is 3.59. The maximum Gasteiger partial charge on any atom is 0.416 e. The number of anilines is 3.